The molecule has 1 aromatic heterocycles. The van der Waals surface area contributed by atoms with Crippen LogP contribution in [0.3, 0.4) is 0 Å². The first-order chi connectivity index (χ1) is 6.80. The molecule has 0 aliphatic carbocycles. The monoisotopic (exact) mass is 210 g/mol. The second-order valence-corrected chi connectivity index (χ2v) is 4.35. The van der Waals surface area contributed by atoms with Crippen molar-refractivity contribution in [3.8, 4) is 5.75 Å². The molecule has 0 fully saturated rings. The standard InChI is InChI=1S/C10H14N2O3/c1-10(2,3)9-11-5-7(13)6(12-9)4-8(14)15/h5,13H,4H2,1-3H3,(H,14,15). The van der Waals surface area contributed by atoms with Gasteiger partial charge < -0.3 is 10.2 Å². The summed E-state index contributed by atoms with van der Waals surface area (Å²) >= 11 is 0. The van der Waals surface area contributed by atoms with E-state index in [4.69, 9.17) is 5.11 Å². The lowest BCUT2D eigenvalue weighted by Gasteiger charge is -2.16. The number of carbonyl (C=O) groups is 1. The summed E-state index contributed by atoms with van der Waals surface area (Å²) in [5.74, 6) is -0.675. The van der Waals surface area contributed by atoms with E-state index in [1.165, 1.54) is 6.20 Å². The molecule has 5 nitrogen and oxygen atoms in total. The van der Waals surface area contributed by atoms with E-state index in [0.29, 0.717) is 5.82 Å². The van der Waals surface area contributed by atoms with Crippen molar-refractivity contribution in [1.82, 2.24) is 9.97 Å². The summed E-state index contributed by atoms with van der Waals surface area (Å²) in [6.07, 6.45) is 0.948. The van der Waals surface area contributed by atoms with E-state index in [9.17, 15) is 9.90 Å². The molecule has 0 aliphatic rings. The maximum atomic E-state index is 10.5. The van der Waals surface area contributed by atoms with Crippen molar-refractivity contribution in [1.29, 1.82) is 0 Å². The minimum Gasteiger partial charge on any atom is -0.504 e. The maximum Gasteiger partial charge on any atom is 0.309 e. The van der Waals surface area contributed by atoms with E-state index in [2.05, 4.69) is 9.97 Å². The minimum absolute atomic E-state index is 0.155. The van der Waals surface area contributed by atoms with E-state index in [1.807, 2.05) is 20.8 Å². The zero-order valence-corrected chi connectivity index (χ0v) is 8.98. The van der Waals surface area contributed by atoms with Gasteiger partial charge >= 0.3 is 5.97 Å². The van der Waals surface area contributed by atoms with Gasteiger partial charge in [0.15, 0.2) is 5.75 Å². The second-order valence-electron chi connectivity index (χ2n) is 4.35. The Bertz CT molecular complexity index is 383. The highest BCUT2D eigenvalue weighted by Crippen LogP contribution is 2.21. The van der Waals surface area contributed by atoms with Gasteiger partial charge in [-0.25, -0.2) is 9.97 Å². The van der Waals surface area contributed by atoms with Gasteiger partial charge in [0.25, 0.3) is 0 Å². The molecule has 0 aliphatic heterocycles. The van der Waals surface area contributed by atoms with Gasteiger partial charge in [-0.2, -0.15) is 0 Å². The number of aromatic hydroxyl groups is 1. The Hall–Kier alpha value is -1.65. The highest BCUT2D eigenvalue weighted by molar-refractivity contribution is 5.70. The van der Waals surface area contributed by atoms with E-state index in [-0.39, 0.29) is 23.3 Å². The molecule has 0 bridgehead atoms. The molecule has 0 atom stereocenters. The van der Waals surface area contributed by atoms with Crippen LogP contribution in [0.4, 0.5) is 0 Å². The number of carboxylic acids is 1. The van der Waals surface area contributed by atoms with Crippen LogP contribution in [0.2, 0.25) is 0 Å². The maximum absolute atomic E-state index is 10.5. The highest BCUT2D eigenvalue weighted by atomic mass is 16.4. The summed E-state index contributed by atoms with van der Waals surface area (Å²) in [7, 11) is 0. The fraction of sp³-hybridized carbons (Fsp3) is 0.500. The predicted octanol–water partition coefficient (Wildman–Crippen LogP) is 1.11. The average Bonchev–Trinajstić information content (AvgIpc) is 2.06. The number of carboxylic acid groups (broad SMARTS) is 1. The van der Waals surface area contributed by atoms with E-state index < -0.39 is 5.97 Å². The third-order valence-electron chi connectivity index (χ3n) is 1.84. The van der Waals surface area contributed by atoms with Crippen LogP contribution in [-0.2, 0) is 16.6 Å². The van der Waals surface area contributed by atoms with Crippen LogP contribution in [-0.4, -0.2) is 26.2 Å². The van der Waals surface area contributed by atoms with Crippen LogP contribution in [0.5, 0.6) is 5.75 Å². The van der Waals surface area contributed by atoms with Gasteiger partial charge in [-0.3, -0.25) is 4.79 Å². The van der Waals surface area contributed by atoms with Crippen molar-refractivity contribution >= 4 is 5.97 Å². The normalized spacial score (nSPS) is 11.4. The number of hydrogen-bond donors (Lipinski definition) is 2. The van der Waals surface area contributed by atoms with Crippen molar-refractivity contribution in [2.45, 2.75) is 32.6 Å². The Morgan fingerprint density at radius 2 is 2.07 bits per heavy atom. The largest absolute Gasteiger partial charge is 0.504 e. The third-order valence-corrected chi connectivity index (χ3v) is 1.84. The lowest BCUT2D eigenvalue weighted by molar-refractivity contribution is -0.136. The quantitative estimate of drug-likeness (QED) is 0.763. The van der Waals surface area contributed by atoms with Crippen molar-refractivity contribution in [2.24, 2.45) is 0 Å². The van der Waals surface area contributed by atoms with Gasteiger partial charge in [0, 0.05) is 5.41 Å². The lowest BCUT2D eigenvalue weighted by Crippen LogP contribution is -2.17. The van der Waals surface area contributed by atoms with Gasteiger partial charge in [0.2, 0.25) is 0 Å². The lowest BCUT2D eigenvalue weighted by atomic mass is 9.95. The highest BCUT2D eigenvalue weighted by Gasteiger charge is 2.19. The topological polar surface area (TPSA) is 83.3 Å². The molecule has 0 radical (unpaired) electrons. The zero-order valence-electron chi connectivity index (χ0n) is 8.98. The molecular formula is C10H14N2O3. The first-order valence-electron chi connectivity index (χ1n) is 4.58. The number of rotatable bonds is 2. The number of aliphatic carboxylic acids is 1. The fourth-order valence-corrected chi connectivity index (χ4v) is 1.05. The second kappa shape index (κ2) is 3.84. The Morgan fingerprint density at radius 1 is 1.47 bits per heavy atom. The van der Waals surface area contributed by atoms with Gasteiger partial charge in [-0.05, 0) is 0 Å². The van der Waals surface area contributed by atoms with Crippen molar-refractivity contribution in [3.63, 3.8) is 0 Å². The molecule has 2 N–H and O–H groups in total. The van der Waals surface area contributed by atoms with Gasteiger partial charge in [-0.1, -0.05) is 20.8 Å². The number of hydrogen-bond acceptors (Lipinski definition) is 4. The smallest absolute Gasteiger partial charge is 0.309 e. The van der Waals surface area contributed by atoms with Crippen LogP contribution in [0.25, 0.3) is 0 Å². The predicted molar refractivity (Wildman–Crippen MR) is 53.7 cm³/mol. The zero-order chi connectivity index (χ0) is 11.6. The Labute approximate surface area is 87.8 Å². The van der Waals surface area contributed by atoms with Crippen LogP contribution in [0, 0.1) is 0 Å². The molecule has 5 heteroatoms. The van der Waals surface area contributed by atoms with E-state index in [1.54, 1.807) is 0 Å². The summed E-state index contributed by atoms with van der Waals surface area (Å²) in [4.78, 5) is 18.5. The summed E-state index contributed by atoms with van der Waals surface area (Å²) < 4.78 is 0. The molecule has 1 heterocycles. The van der Waals surface area contributed by atoms with Gasteiger partial charge in [-0.15, -0.1) is 0 Å². The van der Waals surface area contributed by atoms with Crippen molar-refractivity contribution in [3.05, 3.63) is 17.7 Å². The van der Waals surface area contributed by atoms with Crippen LogP contribution in [0.1, 0.15) is 32.3 Å². The van der Waals surface area contributed by atoms with E-state index >= 15 is 0 Å². The molecule has 0 unspecified atom stereocenters. The minimum atomic E-state index is -1.02. The molecule has 15 heavy (non-hydrogen) atoms. The summed E-state index contributed by atoms with van der Waals surface area (Å²) in [5.41, 5.74) is -0.108. The molecule has 0 saturated heterocycles. The van der Waals surface area contributed by atoms with Crippen LogP contribution in [0.15, 0.2) is 6.20 Å². The molecule has 1 rings (SSSR count). The van der Waals surface area contributed by atoms with Crippen LogP contribution < -0.4 is 0 Å². The van der Waals surface area contributed by atoms with Crippen molar-refractivity contribution < 1.29 is 15.0 Å². The number of nitrogens with zero attached hydrogens (tertiary/aromatic N) is 2. The number of aromatic nitrogens is 2. The third kappa shape index (κ3) is 2.90. The Kier molecular flexibility index (Phi) is 2.93. The molecule has 0 saturated carbocycles. The van der Waals surface area contributed by atoms with Crippen molar-refractivity contribution in [2.75, 3.05) is 0 Å². The molecule has 0 aromatic carbocycles. The molecular weight excluding hydrogens is 196 g/mol. The molecule has 82 valence electrons. The average molecular weight is 210 g/mol. The molecule has 0 spiro atoms. The van der Waals surface area contributed by atoms with E-state index in [0.717, 1.165) is 0 Å². The molecule has 1 aromatic rings. The summed E-state index contributed by atoms with van der Waals surface area (Å²) in [5, 5.41) is 18.0. The molecule has 0 amide bonds. The summed E-state index contributed by atoms with van der Waals surface area (Å²) in [6.45, 7) is 5.76. The SMILES string of the molecule is CC(C)(C)c1ncc(O)c(CC(=O)O)n1. The Balaban J connectivity index is 3.11. The first kappa shape index (κ1) is 11.4. The van der Waals surface area contributed by atoms with Gasteiger partial charge in [0.05, 0.1) is 18.3 Å². The Morgan fingerprint density at radius 3 is 2.53 bits per heavy atom. The van der Waals surface area contributed by atoms with Gasteiger partial charge in [0.1, 0.15) is 5.82 Å². The fourth-order valence-electron chi connectivity index (χ4n) is 1.05. The first-order valence-corrected chi connectivity index (χ1v) is 4.58. The summed E-state index contributed by atoms with van der Waals surface area (Å²) in [6, 6.07) is 0. The van der Waals surface area contributed by atoms with Crippen LogP contribution >= 0.6 is 0 Å².